The molecule has 0 aliphatic carbocycles. The molecule has 0 saturated carbocycles. The Labute approximate surface area is 130 Å². The van der Waals surface area contributed by atoms with Crippen LogP contribution >= 0.6 is 23.2 Å². The molecule has 2 aromatic rings. The van der Waals surface area contributed by atoms with Crippen molar-refractivity contribution in [1.82, 2.24) is 0 Å². The summed E-state index contributed by atoms with van der Waals surface area (Å²) >= 11 is 12.0. The molecule has 7 heteroatoms. The van der Waals surface area contributed by atoms with E-state index < -0.39 is 10.9 Å². The Morgan fingerprint density at radius 3 is 2.57 bits per heavy atom. The Hall–Kier alpha value is -2.11. The number of benzene rings is 2. The molecule has 0 amide bonds. The maximum absolute atomic E-state index is 11.6. The second kappa shape index (κ2) is 6.11. The van der Waals surface area contributed by atoms with E-state index in [2.05, 4.69) is 4.74 Å². The predicted octanol–water partition coefficient (Wildman–Crippen LogP) is 4.36. The summed E-state index contributed by atoms with van der Waals surface area (Å²) in [7, 11) is 1.20. The van der Waals surface area contributed by atoms with Gasteiger partial charge in [0.05, 0.1) is 27.6 Å². The highest BCUT2D eigenvalue weighted by molar-refractivity contribution is 6.43. The first-order chi connectivity index (χ1) is 9.93. The lowest BCUT2D eigenvalue weighted by atomic mass is 10.0. The number of non-ortho nitro benzene ring substituents is 1. The summed E-state index contributed by atoms with van der Waals surface area (Å²) in [6, 6.07) is 8.87. The van der Waals surface area contributed by atoms with Gasteiger partial charge in [-0.25, -0.2) is 4.79 Å². The molecule has 0 spiro atoms. The molecule has 0 aromatic heterocycles. The summed E-state index contributed by atoms with van der Waals surface area (Å²) in [5, 5.41) is 11.6. The van der Waals surface area contributed by atoms with Crippen LogP contribution in [0.5, 0.6) is 0 Å². The average Bonchev–Trinajstić information content (AvgIpc) is 2.48. The van der Waals surface area contributed by atoms with Crippen molar-refractivity contribution in [3.63, 3.8) is 0 Å². The van der Waals surface area contributed by atoms with E-state index in [1.54, 1.807) is 18.2 Å². The largest absolute Gasteiger partial charge is 0.465 e. The smallest absolute Gasteiger partial charge is 0.338 e. The third-order valence-electron chi connectivity index (χ3n) is 2.81. The minimum absolute atomic E-state index is 0.0674. The van der Waals surface area contributed by atoms with Gasteiger partial charge in [0.15, 0.2) is 0 Å². The molecule has 0 saturated heterocycles. The zero-order valence-electron chi connectivity index (χ0n) is 10.8. The van der Waals surface area contributed by atoms with Crippen LogP contribution in [-0.4, -0.2) is 18.0 Å². The summed E-state index contributed by atoms with van der Waals surface area (Å²) < 4.78 is 4.60. The van der Waals surface area contributed by atoms with Crippen molar-refractivity contribution >= 4 is 34.9 Å². The Kier molecular flexibility index (Phi) is 4.45. The minimum atomic E-state index is -0.668. The summed E-state index contributed by atoms with van der Waals surface area (Å²) in [4.78, 5) is 22.0. The number of nitro benzene ring substituents is 1. The van der Waals surface area contributed by atoms with E-state index in [-0.39, 0.29) is 16.3 Å². The standard InChI is InChI=1S/C14H9Cl2NO4/c1-21-14(18)9-5-8(6-10(7-9)17(19)20)11-3-2-4-12(15)13(11)16/h2-7H,1H3. The molecule has 0 unspecified atom stereocenters. The average molecular weight is 326 g/mol. The highest BCUT2D eigenvalue weighted by atomic mass is 35.5. The topological polar surface area (TPSA) is 69.4 Å². The quantitative estimate of drug-likeness (QED) is 0.477. The van der Waals surface area contributed by atoms with Gasteiger partial charge in [-0.2, -0.15) is 0 Å². The maximum Gasteiger partial charge on any atom is 0.338 e. The van der Waals surface area contributed by atoms with Crippen molar-refractivity contribution in [3.8, 4) is 11.1 Å². The van der Waals surface area contributed by atoms with Gasteiger partial charge >= 0.3 is 5.97 Å². The van der Waals surface area contributed by atoms with Crippen molar-refractivity contribution in [3.05, 3.63) is 62.1 Å². The van der Waals surface area contributed by atoms with Gasteiger partial charge < -0.3 is 4.74 Å². The number of methoxy groups -OCH3 is 1. The molecular weight excluding hydrogens is 317 g/mol. The normalized spacial score (nSPS) is 10.2. The Morgan fingerprint density at radius 1 is 1.24 bits per heavy atom. The van der Waals surface area contributed by atoms with Gasteiger partial charge in [-0.1, -0.05) is 35.3 Å². The van der Waals surface area contributed by atoms with Gasteiger partial charge in [-0.15, -0.1) is 0 Å². The van der Waals surface area contributed by atoms with Crippen LogP contribution in [0.25, 0.3) is 11.1 Å². The van der Waals surface area contributed by atoms with E-state index in [0.717, 1.165) is 6.07 Å². The van der Waals surface area contributed by atoms with Crippen molar-refractivity contribution in [2.75, 3.05) is 7.11 Å². The molecule has 21 heavy (non-hydrogen) atoms. The maximum atomic E-state index is 11.6. The number of nitro groups is 1. The van der Waals surface area contributed by atoms with Gasteiger partial charge in [-0.3, -0.25) is 10.1 Å². The Balaban J connectivity index is 2.68. The van der Waals surface area contributed by atoms with E-state index in [9.17, 15) is 14.9 Å². The molecule has 0 aliphatic rings. The number of ether oxygens (including phenoxy) is 1. The van der Waals surface area contributed by atoms with E-state index >= 15 is 0 Å². The van der Waals surface area contributed by atoms with Crippen LogP contribution in [0.4, 0.5) is 5.69 Å². The zero-order valence-corrected chi connectivity index (χ0v) is 12.3. The van der Waals surface area contributed by atoms with Crippen LogP contribution in [0, 0.1) is 10.1 Å². The SMILES string of the molecule is COC(=O)c1cc(-c2cccc(Cl)c2Cl)cc([N+](=O)[O-])c1. The van der Waals surface area contributed by atoms with Crippen molar-refractivity contribution in [2.24, 2.45) is 0 Å². The summed E-state index contributed by atoms with van der Waals surface area (Å²) in [6.07, 6.45) is 0. The number of carbonyl (C=O) groups excluding carboxylic acids is 1. The Bertz CT molecular complexity index is 731. The highest BCUT2D eigenvalue weighted by Gasteiger charge is 2.17. The number of nitrogens with zero attached hydrogens (tertiary/aromatic N) is 1. The molecule has 0 radical (unpaired) electrons. The lowest BCUT2D eigenvalue weighted by Crippen LogP contribution is -2.02. The highest BCUT2D eigenvalue weighted by Crippen LogP contribution is 2.35. The predicted molar refractivity (Wildman–Crippen MR) is 79.9 cm³/mol. The molecule has 0 fully saturated rings. The number of hydrogen-bond donors (Lipinski definition) is 0. The van der Waals surface area contributed by atoms with Crippen molar-refractivity contribution in [1.29, 1.82) is 0 Å². The lowest BCUT2D eigenvalue weighted by molar-refractivity contribution is -0.384. The van der Waals surface area contributed by atoms with Crippen molar-refractivity contribution < 1.29 is 14.5 Å². The molecule has 0 N–H and O–H groups in total. The third-order valence-corrected chi connectivity index (χ3v) is 3.63. The Morgan fingerprint density at radius 2 is 1.95 bits per heavy atom. The van der Waals surface area contributed by atoms with Crippen molar-refractivity contribution in [2.45, 2.75) is 0 Å². The number of hydrogen-bond acceptors (Lipinski definition) is 4. The second-order valence-corrected chi connectivity index (χ2v) is 4.90. The zero-order chi connectivity index (χ0) is 15.6. The molecule has 0 atom stereocenters. The minimum Gasteiger partial charge on any atom is -0.465 e. The van der Waals surface area contributed by atoms with E-state index in [0.29, 0.717) is 16.1 Å². The fourth-order valence-corrected chi connectivity index (χ4v) is 2.24. The lowest BCUT2D eigenvalue weighted by Gasteiger charge is -2.08. The van der Waals surface area contributed by atoms with E-state index in [1.807, 2.05) is 0 Å². The first-order valence-electron chi connectivity index (χ1n) is 5.76. The number of halogens is 2. The van der Waals surface area contributed by atoms with Crippen LogP contribution in [0.1, 0.15) is 10.4 Å². The molecule has 108 valence electrons. The molecule has 0 bridgehead atoms. The van der Waals surface area contributed by atoms with Gasteiger partial charge in [0.2, 0.25) is 0 Å². The molecule has 2 rings (SSSR count). The monoisotopic (exact) mass is 325 g/mol. The molecular formula is C14H9Cl2NO4. The summed E-state index contributed by atoms with van der Waals surface area (Å²) in [5.74, 6) is -0.668. The first kappa shape index (κ1) is 15.3. The molecule has 0 heterocycles. The number of carbonyl (C=O) groups is 1. The first-order valence-corrected chi connectivity index (χ1v) is 6.52. The van der Waals surface area contributed by atoms with Gasteiger partial charge in [-0.05, 0) is 17.7 Å². The van der Waals surface area contributed by atoms with Crippen LogP contribution in [0.15, 0.2) is 36.4 Å². The second-order valence-electron chi connectivity index (χ2n) is 4.12. The van der Waals surface area contributed by atoms with Crippen LogP contribution < -0.4 is 0 Å². The van der Waals surface area contributed by atoms with Gasteiger partial charge in [0.1, 0.15) is 0 Å². The number of esters is 1. The number of rotatable bonds is 3. The third kappa shape index (κ3) is 3.15. The molecule has 0 aliphatic heterocycles. The van der Waals surface area contributed by atoms with Gasteiger partial charge in [0.25, 0.3) is 5.69 Å². The van der Waals surface area contributed by atoms with Crippen LogP contribution in [-0.2, 0) is 4.74 Å². The van der Waals surface area contributed by atoms with Gasteiger partial charge in [0, 0.05) is 17.7 Å². The molecule has 5 nitrogen and oxygen atoms in total. The fourth-order valence-electron chi connectivity index (χ4n) is 1.83. The van der Waals surface area contributed by atoms with Crippen LogP contribution in [0.3, 0.4) is 0 Å². The summed E-state index contributed by atoms with van der Waals surface area (Å²) in [5.41, 5.74) is 0.747. The van der Waals surface area contributed by atoms with E-state index in [1.165, 1.54) is 19.2 Å². The fraction of sp³-hybridized carbons (Fsp3) is 0.0714. The van der Waals surface area contributed by atoms with Crippen LogP contribution in [0.2, 0.25) is 10.0 Å². The summed E-state index contributed by atoms with van der Waals surface area (Å²) in [6.45, 7) is 0. The van der Waals surface area contributed by atoms with E-state index in [4.69, 9.17) is 23.2 Å². The molecule has 2 aromatic carbocycles.